The lowest BCUT2D eigenvalue weighted by Crippen LogP contribution is -2.36. The third-order valence-electron chi connectivity index (χ3n) is 4.12. The van der Waals surface area contributed by atoms with Gasteiger partial charge in [-0.3, -0.25) is 4.79 Å². The number of carbonyl (C=O) groups excluding carboxylic acids is 1. The summed E-state index contributed by atoms with van der Waals surface area (Å²) in [6.45, 7) is 1.25. The van der Waals surface area contributed by atoms with E-state index in [0.717, 1.165) is 17.7 Å². The number of hydrogen-bond donors (Lipinski definition) is 0. The molecule has 1 unspecified atom stereocenters. The van der Waals surface area contributed by atoms with E-state index in [4.69, 9.17) is 16.3 Å². The van der Waals surface area contributed by atoms with Crippen molar-refractivity contribution in [2.45, 2.75) is 11.7 Å². The molecule has 0 N–H and O–H groups in total. The fourth-order valence-electron chi connectivity index (χ4n) is 2.77. The van der Waals surface area contributed by atoms with Gasteiger partial charge in [-0.25, -0.2) is 4.39 Å². The lowest BCUT2D eigenvalue weighted by Gasteiger charge is -2.20. The maximum atomic E-state index is 14.0. The van der Waals surface area contributed by atoms with E-state index in [1.165, 1.54) is 6.07 Å². The Morgan fingerprint density at radius 1 is 1.20 bits per heavy atom. The summed E-state index contributed by atoms with van der Waals surface area (Å²) in [5, 5.41) is 0.707. The molecule has 0 saturated carbocycles. The predicted molar refractivity (Wildman–Crippen MR) is 99.7 cm³/mol. The van der Waals surface area contributed by atoms with Gasteiger partial charge in [0.25, 0.3) is 5.91 Å². The van der Waals surface area contributed by atoms with Gasteiger partial charge in [0.2, 0.25) is 0 Å². The minimum Gasteiger partial charge on any atom is -0.484 e. The normalized spacial score (nSPS) is 17.8. The van der Waals surface area contributed by atoms with Crippen LogP contribution < -0.4 is 4.74 Å². The molecule has 3 rings (SSSR count). The summed E-state index contributed by atoms with van der Waals surface area (Å²) in [4.78, 5) is 14.2. The Bertz CT molecular complexity index is 726. The van der Waals surface area contributed by atoms with Crippen molar-refractivity contribution in [1.82, 2.24) is 4.90 Å². The Hall–Kier alpha value is -1.72. The highest BCUT2D eigenvalue weighted by atomic mass is 35.5. The molecule has 132 valence electrons. The van der Waals surface area contributed by atoms with Gasteiger partial charge in [0.1, 0.15) is 11.6 Å². The first-order valence-electron chi connectivity index (χ1n) is 8.15. The fourth-order valence-corrected chi connectivity index (χ4v) is 4.15. The number of nitrogens with zero attached hydrogens (tertiary/aromatic N) is 1. The van der Waals surface area contributed by atoms with Crippen molar-refractivity contribution in [3.8, 4) is 5.75 Å². The van der Waals surface area contributed by atoms with Gasteiger partial charge in [-0.2, -0.15) is 11.8 Å². The van der Waals surface area contributed by atoms with E-state index in [0.29, 0.717) is 23.9 Å². The molecule has 1 saturated heterocycles. The molecule has 0 bridgehead atoms. The first kappa shape index (κ1) is 18.1. The van der Waals surface area contributed by atoms with Crippen LogP contribution in [0.15, 0.2) is 48.5 Å². The van der Waals surface area contributed by atoms with Crippen LogP contribution >= 0.6 is 23.4 Å². The molecular weight excluding hydrogens is 361 g/mol. The monoisotopic (exact) mass is 379 g/mol. The van der Waals surface area contributed by atoms with E-state index in [-0.39, 0.29) is 23.6 Å². The summed E-state index contributed by atoms with van der Waals surface area (Å²) in [5.74, 6) is 1.17. The third-order valence-corrected chi connectivity index (χ3v) is 5.68. The van der Waals surface area contributed by atoms with Crippen LogP contribution in [0, 0.1) is 5.82 Å². The number of benzene rings is 2. The minimum absolute atomic E-state index is 0.00331. The maximum Gasteiger partial charge on any atom is 0.260 e. The highest BCUT2D eigenvalue weighted by molar-refractivity contribution is 7.99. The largest absolute Gasteiger partial charge is 0.484 e. The molecule has 1 atom stereocenters. The molecule has 2 aromatic rings. The molecule has 3 nitrogen and oxygen atoms in total. The number of amides is 1. The molecule has 1 amide bonds. The van der Waals surface area contributed by atoms with Crippen molar-refractivity contribution >= 4 is 29.3 Å². The van der Waals surface area contributed by atoms with E-state index < -0.39 is 0 Å². The van der Waals surface area contributed by atoms with Gasteiger partial charge >= 0.3 is 0 Å². The minimum atomic E-state index is -0.175. The number of halogens is 2. The Labute approximate surface area is 156 Å². The molecule has 6 heteroatoms. The number of hydrogen-bond acceptors (Lipinski definition) is 3. The summed E-state index contributed by atoms with van der Waals surface area (Å²) in [5.41, 5.74) is 0.721. The molecule has 0 aromatic heterocycles. The van der Waals surface area contributed by atoms with Crippen molar-refractivity contribution < 1.29 is 13.9 Å². The Morgan fingerprint density at radius 3 is 2.72 bits per heavy atom. The lowest BCUT2D eigenvalue weighted by molar-refractivity contribution is -0.133. The van der Waals surface area contributed by atoms with Crippen LogP contribution in [0.5, 0.6) is 5.75 Å². The van der Waals surface area contributed by atoms with E-state index in [9.17, 15) is 9.18 Å². The van der Waals surface area contributed by atoms with Crippen LogP contribution in [-0.2, 0) is 4.79 Å². The SMILES string of the molecule is O=C(COc1ccc(Cl)cc1)N1CCSC(c2ccccc2F)CC1. The lowest BCUT2D eigenvalue weighted by atomic mass is 10.1. The van der Waals surface area contributed by atoms with Crippen LogP contribution in [0.3, 0.4) is 0 Å². The number of ether oxygens (including phenoxy) is 1. The molecule has 1 aliphatic heterocycles. The molecule has 1 heterocycles. The molecule has 1 aliphatic rings. The maximum absolute atomic E-state index is 14.0. The van der Waals surface area contributed by atoms with Gasteiger partial charge in [-0.05, 0) is 36.8 Å². The fraction of sp³-hybridized carbons (Fsp3) is 0.316. The second-order valence-electron chi connectivity index (χ2n) is 5.79. The van der Waals surface area contributed by atoms with Gasteiger partial charge in [-0.1, -0.05) is 29.8 Å². The van der Waals surface area contributed by atoms with Crippen LogP contribution in [0.4, 0.5) is 4.39 Å². The van der Waals surface area contributed by atoms with Crippen molar-refractivity contribution in [2.75, 3.05) is 25.4 Å². The quantitative estimate of drug-likeness (QED) is 0.779. The van der Waals surface area contributed by atoms with Gasteiger partial charge in [0.05, 0.1) is 0 Å². The average molecular weight is 380 g/mol. The zero-order valence-corrected chi connectivity index (χ0v) is 15.2. The number of thioether (sulfide) groups is 1. The third kappa shape index (κ3) is 4.89. The summed E-state index contributed by atoms with van der Waals surface area (Å²) >= 11 is 7.53. The van der Waals surface area contributed by atoms with E-state index in [1.54, 1.807) is 47.0 Å². The van der Waals surface area contributed by atoms with Crippen LogP contribution in [0.25, 0.3) is 0 Å². The summed E-state index contributed by atoms with van der Waals surface area (Å²) < 4.78 is 19.5. The van der Waals surface area contributed by atoms with Crippen molar-refractivity contribution in [1.29, 1.82) is 0 Å². The van der Waals surface area contributed by atoms with E-state index >= 15 is 0 Å². The molecule has 25 heavy (non-hydrogen) atoms. The van der Waals surface area contributed by atoms with Crippen LogP contribution in [0.1, 0.15) is 17.2 Å². The van der Waals surface area contributed by atoms with Crippen molar-refractivity contribution in [3.05, 3.63) is 64.9 Å². The highest BCUT2D eigenvalue weighted by Crippen LogP contribution is 2.35. The van der Waals surface area contributed by atoms with Crippen molar-refractivity contribution in [3.63, 3.8) is 0 Å². The molecule has 0 spiro atoms. The molecule has 0 aliphatic carbocycles. The van der Waals surface area contributed by atoms with Crippen LogP contribution in [0.2, 0.25) is 5.02 Å². The number of rotatable bonds is 4. The van der Waals surface area contributed by atoms with Crippen molar-refractivity contribution in [2.24, 2.45) is 0 Å². The van der Waals surface area contributed by atoms with E-state index in [2.05, 4.69) is 0 Å². The molecule has 1 fully saturated rings. The second kappa shape index (κ2) is 8.59. The van der Waals surface area contributed by atoms with Gasteiger partial charge in [0.15, 0.2) is 6.61 Å². The summed E-state index contributed by atoms with van der Waals surface area (Å²) in [7, 11) is 0. The van der Waals surface area contributed by atoms with Gasteiger partial charge in [-0.15, -0.1) is 0 Å². The Morgan fingerprint density at radius 2 is 1.96 bits per heavy atom. The molecule has 2 aromatic carbocycles. The predicted octanol–water partition coefficient (Wildman–Crippen LogP) is 4.56. The Kier molecular flexibility index (Phi) is 6.21. The van der Waals surface area contributed by atoms with E-state index in [1.807, 2.05) is 12.1 Å². The van der Waals surface area contributed by atoms with Gasteiger partial charge < -0.3 is 9.64 Å². The zero-order chi connectivity index (χ0) is 17.6. The standard InChI is InChI=1S/C19H19ClFNO2S/c20-14-5-7-15(8-6-14)24-13-19(23)22-10-9-18(25-12-11-22)16-3-1-2-4-17(16)21/h1-8,18H,9-13H2. The van der Waals surface area contributed by atoms with Gasteiger partial charge in [0, 0.05) is 34.7 Å². The summed E-state index contributed by atoms with van der Waals surface area (Å²) in [6.07, 6.45) is 0.734. The first-order chi connectivity index (χ1) is 12.1. The average Bonchev–Trinajstić information content (AvgIpc) is 2.87. The first-order valence-corrected chi connectivity index (χ1v) is 9.58. The number of carbonyl (C=O) groups is 1. The molecule has 0 radical (unpaired) electrons. The topological polar surface area (TPSA) is 29.5 Å². The summed E-state index contributed by atoms with van der Waals surface area (Å²) in [6, 6.07) is 13.8. The second-order valence-corrected chi connectivity index (χ2v) is 7.54. The smallest absolute Gasteiger partial charge is 0.260 e. The Balaban J connectivity index is 1.54. The highest BCUT2D eigenvalue weighted by Gasteiger charge is 2.23. The zero-order valence-electron chi connectivity index (χ0n) is 13.7. The molecular formula is C19H19ClFNO2S. The van der Waals surface area contributed by atoms with Crippen LogP contribution in [-0.4, -0.2) is 36.3 Å².